The van der Waals surface area contributed by atoms with Crippen LogP contribution in [0.1, 0.15) is 26.2 Å². The standard InChI is InChI=1S/C8H12N2/c1-6-7-3-2-4-8(7)10-5-9-6/h5-6H,2-4H2,1H3,(H,9,10). The molecular formula is C8H12N2. The van der Waals surface area contributed by atoms with Gasteiger partial charge in [-0.15, -0.1) is 0 Å². The summed E-state index contributed by atoms with van der Waals surface area (Å²) in [5, 5.41) is 3.20. The predicted molar refractivity (Wildman–Crippen MR) is 42.0 cm³/mol. The second-order valence-electron chi connectivity index (χ2n) is 2.97. The maximum Gasteiger partial charge on any atom is 0.0886 e. The Hall–Kier alpha value is -0.790. The molecule has 0 aromatic rings. The van der Waals surface area contributed by atoms with E-state index in [0.717, 1.165) is 0 Å². The molecule has 10 heavy (non-hydrogen) atoms. The number of aliphatic imine (C=N–C) groups is 1. The first kappa shape index (κ1) is 5.96. The molecule has 0 aromatic heterocycles. The molecule has 0 spiro atoms. The number of rotatable bonds is 0. The highest BCUT2D eigenvalue weighted by Crippen LogP contribution is 2.30. The highest BCUT2D eigenvalue weighted by atomic mass is 15.0. The molecule has 0 bridgehead atoms. The molecule has 1 heterocycles. The van der Waals surface area contributed by atoms with Crippen LogP contribution in [-0.2, 0) is 0 Å². The van der Waals surface area contributed by atoms with Gasteiger partial charge in [0.15, 0.2) is 0 Å². The number of allylic oxidation sites excluding steroid dienone is 1. The van der Waals surface area contributed by atoms with E-state index in [4.69, 9.17) is 0 Å². The first-order chi connectivity index (χ1) is 4.88. The molecule has 1 aliphatic heterocycles. The molecule has 2 nitrogen and oxygen atoms in total. The van der Waals surface area contributed by atoms with Gasteiger partial charge in [-0.3, -0.25) is 0 Å². The molecule has 0 aromatic carbocycles. The number of nitrogens with one attached hydrogen (secondary N) is 1. The van der Waals surface area contributed by atoms with Crippen molar-refractivity contribution in [2.75, 3.05) is 0 Å². The fourth-order valence-electron chi connectivity index (χ4n) is 1.69. The Kier molecular flexibility index (Phi) is 1.26. The fourth-order valence-corrected chi connectivity index (χ4v) is 1.69. The molecule has 2 rings (SSSR count). The minimum Gasteiger partial charge on any atom is -0.370 e. The molecule has 0 fully saturated rings. The lowest BCUT2D eigenvalue weighted by Crippen LogP contribution is -2.29. The van der Waals surface area contributed by atoms with Crippen molar-refractivity contribution in [3.63, 3.8) is 0 Å². The molecule has 0 saturated heterocycles. The van der Waals surface area contributed by atoms with Crippen molar-refractivity contribution in [2.45, 2.75) is 32.2 Å². The summed E-state index contributed by atoms with van der Waals surface area (Å²) in [6, 6.07) is 0.537. The first-order valence-electron chi connectivity index (χ1n) is 3.88. The first-order valence-corrected chi connectivity index (χ1v) is 3.88. The SMILES string of the molecule is CC1NC=NC2=C1CCC2. The van der Waals surface area contributed by atoms with Gasteiger partial charge in [-0.25, -0.2) is 4.99 Å². The van der Waals surface area contributed by atoms with Crippen LogP contribution in [0.2, 0.25) is 0 Å². The van der Waals surface area contributed by atoms with Gasteiger partial charge < -0.3 is 5.32 Å². The van der Waals surface area contributed by atoms with E-state index in [1.54, 1.807) is 0 Å². The van der Waals surface area contributed by atoms with E-state index >= 15 is 0 Å². The number of hydrogen-bond acceptors (Lipinski definition) is 2. The average molecular weight is 136 g/mol. The summed E-state index contributed by atoms with van der Waals surface area (Å²) in [7, 11) is 0. The predicted octanol–water partition coefficient (Wildman–Crippen LogP) is 1.44. The minimum absolute atomic E-state index is 0.537. The molecule has 2 heteroatoms. The van der Waals surface area contributed by atoms with Crippen LogP contribution in [-0.4, -0.2) is 12.4 Å². The molecule has 1 atom stereocenters. The normalized spacial score (nSPS) is 30.3. The van der Waals surface area contributed by atoms with E-state index in [-0.39, 0.29) is 0 Å². The Morgan fingerprint density at radius 3 is 3.30 bits per heavy atom. The Labute approximate surface area is 61.0 Å². The highest BCUT2D eigenvalue weighted by molar-refractivity contribution is 5.60. The van der Waals surface area contributed by atoms with Gasteiger partial charge in [0.25, 0.3) is 0 Å². The molecule has 1 unspecified atom stereocenters. The van der Waals surface area contributed by atoms with Crippen LogP contribution in [0, 0.1) is 0 Å². The third-order valence-electron chi connectivity index (χ3n) is 2.30. The summed E-state index contributed by atoms with van der Waals surface area (Å²) in [4.78, 5) is 4.29. The van der Waals surface area contributed by atoms with E-state index < -0.39 is 0 Å². The van der Waals surface area contributed by atoms with Gasteiger partial charge in [-0.1, -0.05) is 0 Å². The molecule has 0 radical (unpaired) electrons. The second-order valence-corrected chi connectivity index (χ2v) is 2.97. The van der Waals surface area contributed by atoms with E-state index in [0.29, 0.717) is 6.04 Å². The average Bonchev–Trinajstić information content (AvgIpc) is 2.36. The third kappa shape index (κ3) is 0.753. The maximum atomic E-state index is 4.29. The van der Waals surface area contributed by atoms with Crippen molar-refractivity contribution in [3.8, 4) is 0 Å². The van der Waals surface area contributed by atoms with Gasteiger partial charge in [-0.05, 0) is 31.8 Å². The van der Waals surface area contributed by atoms with Gasteiger partial charge in [0.05, 0.1) is 6.34 Å². The van der Waals surface area contributed by atoms with Crippen LogP contribution >= 0.6 is 0 Å². The van der Waals surface area contributed by atoms with Crippen LogP contribution in [0.5, 0.6) is 0 Å². The Balaban J connectivity index is 2.30. The molecule has 1 aliphatic carbocycles. The summed E-state index contributed by atoms with van der Waals surface area (Å²) < 4.78 is 0. The lowest BCUT2D eigenvalue weighted by atomic mass is 10.1. The van der Waals surface area contributed by atoms with Gasteiger partial charge in [0, 0.05) is 11.7 Å². The lowest BCUT2D eigenvalue weighted by Gasteiger charge is -2.17. The molecule has 1 N–H and O–H groups in total. The molecular weight excluding hydrogens is 124 g/mol. The highest BCUT2D eigenvalue weighted by Gasteiger charge is 2.20. The summed E-state index contributed by atoms with van der Waals surface area (Å²) in [5.74, 6) is 0. The fraction of sp³-hybridized carbons (Fsp3) is 0.625. The van der Waals surface area contributed by atoms with Crippen molar-refractivity contribution in [2.24, 2.45) is 4.99 Å². The Morgan fingerprint density at radius 2 is 2.50 bits per heavy atom. The Morgan fingerprint density at radius 1 is 1.60 bits per heavy atom. The Bertz CT molecular complexity index is 203. The largest absolute Gasteiger partial charge is 0.370 e. The lowest BCUT2D eigenvalue weighted by molar-refractivity contribution is 0.723. The molecule has 54 valence electrons. The molecule has 2 aliphatic rings. The molecule has 0 amide bonds. The zero-order valence-electron chi connectivity index (χ0n) is 6.22. The van der Waals surface area contributed by atoms with Crippen LogP contribution in [0.25, 0.3) is 0 Å². The van der Waals surface area contributed by atoms with Crippen molar-refractivity contribution in [1.82, 2.24) is 5.32 Å². The van der Waals surface area contributed by atoms with Crippen LogP contribution in [0.15, 0.2) is 16.3 Å². The van der Waals surface area contributed by atoms with Crippen molar-refractivity contribution in [3.05, 3.63) is 11.3 Å². The van der Waals surface area contributed by atoms with Crippen LogP contribution in [0.3, 0.4) is 0 Å². The van der Waals surface area contributed by atoms with E-state index in [1.807, 2.05) is 6.34 Å². The van der Waals surface area contributed by atoms with Crippen LogP contribution in [0.4, 0.5) is 0 Å². The van der Waals surface area contributed by atoms with Crippen molar-refractivity contribution < 1.29 is 0 Å². The zero-order chi connectivity index (χ0) is 6.97. The third-order valence-corrected chi connectivity index (χ3v) is 2.30. The zero-order valence-corrected chi connectivity index (χ0v) is 6.22. The van der Waals surface area contributed by atoms with E-state index in [2.05, 4.69) is 17.2 Å². The van der Waals surface area contributed by atoms with E-state index in [9.17, 15) is 0 Å². The molecule has 0 saturated carbocycles. The van der Waals surface area contributed by atoms with Gasteiger partial charge in [0.1, 0.15) is 0 Å². The summed E-state index contributed by atoms with van der Waals surface area (Å²) in [6.45, 7) is 2.20. The van der Waals surface area contributed by atoms with Gasteiger partial charge in [0.2, 0.25) is 0 Å². The summed E-state index contributed by atoms with van der Waals surface area (Å²) in [6.07, 6.45) is 5.57. The summed E-state index contributed by atoms with van der Waals surface area (Å²) in [5.41, 5.74) is 2.87. The number of nitrogens with zero attached hydrogens (tertiary/aromatic N) is 1. The van der Waals surface area contributed by atoms with Crippen molar-refractivity contribution >= 4 is 6.34 Å². The summed E-state index contributed by atoms with van der Waals surface area (Å²) >= 11 is 0. The number of hydrogen-bond donors (Lipinski definition) is 1. The smallest absolute Gasteiger partial charge is 0.0886 e. The maximum absolute atomic E-state index is 4.29. The van der Waals surface area contributed by atoms with Gasteiger partial charge in [-0.2, -0.15) is 0 Å². The second kappa shape index (κ2) is 2.11. The van der Waals surface area contributed by atoms with Crippen molar-refractivity contribution in [1.29, 1.82) is 0 Å². The van der Waals surface area contributed by atoms with E-state index in [1.165, 1.54) is 30.5 Å². The minimum atomic E-state index is 0.537. The van der Waals surface area contributed by atoms with Gasteiger partial charge >= 0.3 is 0 Å². The van der Waals surface area contributed by atoms with Crippen LogP contribution < -0.4 is 5.32 Å². The topological polar surface area (TPSA) is 24.4 Å². The quantitative estimate of drug-likeness (QED) is 0.535. The monoisotopic (exact) mass is 136 g/mol.